The van der Waals surface area contributed by atoms with Crippen molar-refractivity contribution in [3.8, 4) is 0 Å². The quantitative estimate of drug-likeness (QED) is 0.568. The molecule has 13 heavy (non-hydrogen) atoms. The molecule has 0 aliphatic heterocycles. The minimum Gasteiger partial charge on any atom is -0.461 e. The van der Waals surface area contributed by atoms with Gasteiger partial charge in [0.05, 0.1) is 0 Å². The van der Waals surface area contributed by atoms with E-state index in [1.807, 2.05) is 6.92 Å². The Bertz CT molecular complexity index is 131. The van der Waals surface area contributed by atoms with Crippen molar-refractivity contribution >= 4 is 22.4 Å². The molecule has 2 nitrogen and oxygen atoms in total. The van der Waals surface area contributed by atoms with E-state index in [0.717, 1.165) is 24.6 Å². The van der Waals surface area contributed by atoms with Crippen molar-refractivity contribution in [3.05, 3.63) is 0 Å². The van der Waals surface area contributed by atoms with E-state index >= 15 is 0 Å². The standard InChI is InChI=1S/C8H14O2.C2H5Br/c1-2-8(10-7-9)5-3-4-6-8;1-2-3/h7H,2-6H2,1H3;2H2,1H3. The van der Waals surface area contributed by atoms with Gasteiger partial charge in [0.15, 0.2) is 0 Å². The van der Waals surface area contributed by atoms with Gasteiger partial charge in [-0.2, -0.15) is 0 Å². The highest BCUT2D eigenvalue weighted by atomic mass is 79.9. The van der Waals surface area contributed by atoms with Crippen molar-refractivity contribution in [2.45, 2.75) is 51.6 Å². The van der Waals surface area contributed by atoms with E-state index in [-0.39, 0.29) is 5.60 Å². The molecule has 0 radical (unpaired) electrons. The molecule has 1 rings (SSSR count). The number of carbonyl (C=O) groups is 1. The SMILES string of the molecule is CCBr.CCC1(OC=O)CCCC1. The maximum absolute atomic E-state index is 10.1. The van der Waals surface area contributed by atoms with E-state index in [1.54, 1.807) is 0 Å². The number of rotatable bonds is 3. The first-order valence-electron chi connectivity index (χ1n) is 4.92. The fourth-order valence-electron chi connectivity index (χ4n) is 1.68. The van der Waals surface area contributed by atoms with E-state index in [4.69, 9.17) is 4.74 Å². The summed E-state index contributed by atoms with van der Waals surface area (Å²) < 4.78 is 5.06. The second kappa shape index (κ2) is 7.36. The molecule has 0 heterocycles. The van der Waals surface area contributed by atoms with Crippen LogP contribution in [0.2, 0.25) is 0 Å². The number of ether oxygens (including phenoxy) is 1. The molecule has 1 saturated carbocycles. The van der Waals surface area contributed by atoms with Crippen LogP contribution in [0.3, 0.4) is 0 Å². The minimum atomic E-state index is -0.0816. The van der Waals surface area contributed by atoms with Crippen LogP contribution in [-0.2, 0) is 9.53 Å². The van der Waals surface area contributed by atoms with Crippen LogP contribution in [0, 0.1) is 0 Å². The molecule has 0 aromatic rings. The third kappa shape index (κ3) is 4.65. The monoisotopic (exact) mass is 250 g/mol. The molecular formula is C10H19BrO2. The van der Waals surface area contributed by atoms with Crippen LogP contribution in [0.15, 0.2) is 0 Å². The van der Waals surface area contributed by atoms with Crippen LogP contribution in [0.25, 0.3) is 0 Å². The zero-order valence-electron chi connectivity index (χ0n) is 8.51. The summed E-state index contributed by atoms with van der Waals surface area (Å²) in [5.41, 5.74) is -0.0816. The van der Waals surface area contributed by atoms with Crippen molar-refractivity contribution in [1.29, 1.82) is 0 Å². The van der Waals surface area contributed by atoms with Crippen molar-refractivity contribution in [2.24, 2.45) is 0 Å². The fourth-order valence-corrected chi connectivity index (χ4v) is 1.68. The first kappa shape index (κ1) is 12.9. The minimum absolute atomic E-state index is 0.0816. The summed E-state index contributed by atoms with van der Waals surface area (Å²) in [4.78, 5) is 10.1. The molecule has 0 unspecified atom stereocenters. The topological polar surface area (TPSA) is 26.3 Å². The van der Waals surface area contributed by atoms with Crippen LogP contribution in [-0.4, -0.2) is 17.4 Å². The van der Waals surface area contributed by atoms with E-state index < -0.39 is 0 Å². The number of hydrogen-bond donors (Lipinski definition) is 0. The predicted octanol–water partition coefficient (Wildman–Crippen LogP) is 3.28. The Labute approximate surface area is 89.2 Å². The number of alkyl halides is 1. The van der Waals surface area contributed by atoms with Crippen molar-refractivity contribution < 1.29 is 9.53 Å². The molecule has 0 aromatic heterocycles. The molecule has 3 heteroatoms. The van der Waals surface area contributed by atoms with Gasteiger partial charge in [-0.05, 0) is 32.1 Å². The van der Waals surface area contributed by atoms with Gasteiger partial charge < -0.3 is 4.74 Å². The molecule has 0 saturated heterocycles. The van der Waals surface area contributed by atoms with E-state index in [0.29, 0.717) is 6.47 Å². The van der Waals surface area contributed by atoms with Gasteiger partial charge in [-0.3, -0.25) is 4.79 Å². The van der Waals surface area contributed by atoms with E-state index in [1.165, 1.54) is 12.8 Å². The maximum Gasteiger partial charge on any atom is 0.293 e. The van der Waals surface area contributed by atoms with Gasteiger partial charge in [-0.15, -0.1) is 0 Å². The molecule has 0 spiro atoms. The molecule has 0 amide bonds. The van der Waals surface area contributed by atoms with Gasteiger partial charge in [0, 0.05) is 5.33 Å². The van der Waals surface area contributed by atoms with Crippen LogP contribution in [0.1, 0.15) is 46.0 Å². The second-order valence-corrected chi connectivity index (χ2v) is 4.35. The zero-order valence-corrected chi connectivity index (χ0v) is 10.1. The molecule has 0 aromatic carbocycles. The molecular weight excluding hydrogens is 232 g/mol. The molecule has 1 fully saturated rings. The molecule has 0 bridgehead atoms. The lowest BCUT2D eigenvalue weighted by molar-refractivity contribution is -0.143. The van der Waals surface area contributed by atoms with E-state index in [2.05, 4.69) is 22.9 Å². The average molecular weight is 251 g/mol. The van der Waals surface area contributed by atoms with Crippen molar-refractivity contribution in [3.63, 3.8) is 0 Å². The lowest BCUT2D eigenvalue weighted by atomic mass is 9.99. The molecule has 0 atom stereocenters. The summed E-state index contributed by atoms with van der Waals surface area (Å²) in [5, 5.41) is 1.06. The molecule has 1 aliphatic carbocycles. The summed E-state index contributed by atoms with van der Waals surface area (Å²) in [5.74, 6) is 0. The first-order chi connectivity index (χ1) is 6.24. The predicted molar refractivity (Wildman–Crippen MR) is 58.1 cm³/mol. The first-order valence-corrected chi connectivity index (χ1v) is 6.04. The van der Waals surface area contributed by atoms with Gasteiger partial charge >= 0.3 is 0 Å². The Kier molecular flexibility index (Phi) is 7.33. The molecule has 1 aliphatic rings. The van der Waals surface area contributed by atoms with Crippen LogP contribution in [0.5, 0.6) is 0 Å². The van der Waals surface area contributed by atoms with Gasteiger partial charge in [-0.25, -0.2) is 0 Å². The van der Waals surface area contributed by atoms with Crippen molar-refractivity contribution in [1.82, 2.24) is 0 Å². The second-order valence-electron chi connectivity index (χ2n) is 3.23. The summed E-state index contributed by atoms with van der Waals surface area (Å²) in [6.45, 7) is 4.71. The normalized spacial score (nSPS) is 18.7. The van der Waals surface area contributed by atoms with Gasteiger partial charge in [0.2, 0.25) is 0 Å². The smallest absolute Gasteiger partial charge is 0.293 e. The zero-order chi connectivity index (χ0) is 10.2. The highest BCUT2D eigenvalue weighted by molar-refractivity contribution is 9.09. The summed E-state index contributed by atoms with van der Waals surface area (Å²) in [7, 11) is 0. The number of halogens is 1. The van der Waals surface area contributed by atoms with Crippen LogP contribution < -0.4 is 0 Å². The van der Waals surface area contributed by atoms with Gasteiger partial charge in [0.1, 0.15) is 5.60 Å². The van der Waals surface area contributed by atoms with Crippen LogP contribution >= 0.6 is 15.9 Å². The van der Waals surface area contributed by atoms with E-state index in [9.17, 15) is 4.79 Å². The Morgan fingerprint density at radius 1 is 1.38 bits per heavy atom. The number of hydrogen-bond acceptors (Lipinski definition) is 2. The highest BCUT2D eigenvalue weighted by Gasteiger charge is 2.33. The summed E-state index contributed by atoms with van der Waals surface area (Å²) in [6, 6.07) is 0. The fraction of sp³-hybridized carbons (Fsp3) is 0.900. The lowest BCUT2D eigenvalue weighted by Gasteiger charge is -2.24. The Hall–Kier alpha value is -0.0500. The summed E-state index contributed by atoms with van der Waals surface area (Å²) >= 11 is 3.15. The third-order valence-electron chi connectivity index (χ3n) is 2.46. The van der Waals surface area contributed by atoms with Crippen LogP contribution in [0.4, 0.5) is 0 Å². The van der Waals surface area contributed by atoms with Crippen molar-refractivity contribution in [2.75, 3.05) is 5.33 Å². The molecule has 78 valence electrons. The average Bonchev–Trinajstić information content (AvgIpc) is 2.56. The van der Waals surface area contributed by atoms with Gasteiger partial charge in [-0.1, -0.05) is 29.8 Å². The number of carbonyl (C=O) groups excluding carboxylic acids is 1. The summed E-state index contributed by atoms with van der Waals surface area (Å²) in [6.07, 6.45) is 5.50. The van der Waals surface area contributed by atoms with Gasteiger partial charge in [0.25, 0.3) is 6.47 Å². The largest absolute Gasteiger partial charge is 0.461 e. The Morgan fingerprint density at radius 2 is 1.85 bits per heavy atom. The Balaban J connectivity index is 0.000000424. The lowest BCUT2D eigenvalue weighted by Crippen LogP contribution is -2.26. The third-order valence-corrected chi connectivity index (χ3v) is 2.46. The highest BCUT2D eigenvalue weighted by Crippen LogP contribution is 2.35. The molecule has 0 N–H and O–H groups in total. The maximum atomic E-state index is 10.1. The Morgan fingerprint density at radius 3 is 2.15 bits per heavy atom.